The van der Waals surface area contributed by atoms with Crippen molar-refractivity contribution in [1.82, 2.24) is 4.98 Å². The van der Waals surface area contributed by atoms with Crippen LogP contribution in [0.1, 0.15) is 49.1 Å². The van der Waals surface area contributed by atoms with Crippen molar-refractivity contribution in [3.05, 3.63) is 77.0 Å². The average Bonchev–Trinajstić information content (AvgIpc) is 3.04. The molecule has 0 amide bonds. The van der Waals surface area contributed by atoms with Gasteiger partial charge in [-0.2, -0.15) is 0 Å². The number of hydrogen-bond acceptors (Lipinski definition) is 3. The van der Waals surface area contributed by atoms with Gasteiger partial charge < -0.3 is 4.84 Å². The highest BCUT2D eigenvalue weighted by Crippen LogP contribution is 2.51. The molecule has 27 heavy (non-hydrogen) atoms. The van der Waals surface area contributed by atoms with E-state index in [1.807, 2.05) is 0 Å². The lowest BCUT2D eigenvalue weighted by atomic mass is 9.66. The minimum Gasteiger partial charge on any atom is -0.384 e. The Morgan fingerprint density at radius 1 is 0.963 bits per heavy atom. The molecule has 0 saturated carbocycles. The number of fused-ring (bicyclic) bond motifs is 3. The highest BCUT2D eigenvalue weighted by atomic mass is 16.7. The van der Waals surface area contributed by atoms with E-state index in [1.165, 1.54) is 16.5 Å². The number of hydrogen-bond donors (Lipinski definition) is 0. The molecule has 3 aromatic rings. The first-order chi connectivity index (χ1) is 12.9. The van der Waals surface area contributed by atoms with Crippen molar-refractivity contribution in [3.8, 4) is 0 Å². The van der Waals surface area contributed by atoms with E-state index in [0.29, 0.717) is 0 Å². The van der Waals surface area contributed by atoms with Gasteiger partial charge in [-0.25, -0.2) is 0 Å². The SMILES string of the molecule is Cc1ccc(C2=NO[C@]3(C2)CC(C)(C)Cc2nc4ccccc4cc23)cc1. The molecular weight excluding hydrogens is 332 g/mol. The summed E-state index contributed by atoms with van der Waals surface area (Å²) >= 11 is 0. The minimum atomic E-state index is -0.408. The topological polar surface area (TPSA) is 34.5 Å². The van der Waals surface area contributed by atoms with E-state index in [4.69, 9.17) is 9.82 Å². The van der Waals surface area contributed by atoms with Crippen molar-refractivity contribution >= 4 is 16.6 Å². The van der Waals surface area contributed by atoms with E-state index >= 15 is 0 Å². The minimum absolute atomic E-state index is 0.126. The number of aryl methyl sites for hydroxylation is 1. The van der Waals surface area contributed by atoms with E-state index in [2.05, 4.69) is 80.5 Å². The maximum atomic E-state index is 6.24. The van der Waals surface area contributed by atoms with Crippen LogP contribution in [0.15, 0.2) is 59.8 Å². The van der Waals surface area contributed by atoms with Crippen molar-refractivity contribution in [3.63, 3.8) is 0 Å². The number of pyridine rings is 1. The summed E-state index contributed by atoms with van der Waals surface area (Å²) in [7, 11) is 0. The molecule has 136 valence electrons. The first kappa shape index (κ1) is 16.5. The molecule has 0 radical (unpaired) electrons. The van der Waals surface area contributed by atoms with Gasteiger partial charge in [0.05, 0.1) is 11.2 Å². The summed E-state index contributed by atoms with van der Waals surface area (Å²) < 4.78 is 0. The van der Waals surface area contributed by atoms with Crippen molar-refractivity contribution in [2.45, 2.75) is 45.6 Å². The normalized spacial score (nSPS) is 23.1. The van der Waals surface area contributed by atoms with Crippen molar-refractivity contribution in [1.29, 1.82) is 0 Å². The van der Waals surface area contributed by atoms with Crippen LogP contribution in [0.3, 0.4) is 0 Å². The second-order valence-corrected chi connectivity index (χ2v) is 8.86. The Balaban J connectivity index is 1.61. The second-order valence-electron chi connectivity index (χ2n) is 8.86. The van der Waals surface area contributed by atoms with Crippen molar-refractivity contribution < 1.29 is 4.84 Å². The van der Waals surface area contributed by atoms with E-state index in [9.17, 15) is 0 Å². The summed E-state index contributed by atoms with van der Waals surface area (Å²) in [5.41, 5.74) is 6.59. The van der Waals surface area contributed by atoms with Gasteiger partial charge in [0.2, 0.25) is 0 Å². The quantitative estimate of drug-likeness (QED) is 0.574. The molecule has 3 nitrogen and oxygen atoms in total. The third kappa shape index (κ3) is 2.73. The molecule has 1 aromatic heterocycles. The number of oxime groups is 1. The molecular formula is C24H24N2O. The largest absolute Gasteiger partial charge is 0.384 e. The smallest absolute Gasteiger partial charge is 0.170 e. The zero-order chi connectivity index (χ0) is 18.6. The lowest BCUT2D eigenvalue weighted by Gasteiger charge is -2.41. The molecule has 2 aliphatic rings. The molecule has 0 unspecified atom stereocenters. The molecule has 2 aromatic carbocycles. The number of nitrogens with zero attached hydrogens (tertiary/aromatic N) is 2. The van der Waals surface area contributed by atoms with Gasteiger partial charge in [0, 0.05) is 29.5 Å². The maximum absolute atomic E-state index is 6.24. The van der Waals surface area contributed by atoms with Crippen LogP contribution in [0.5, 0.6) is 0 Å². The Morgan fingerprint density at radius 2 is 1.74 bits per heavy atom. The third-order valence-electron chi connectivity index (χ3n) is 5.87. The Bertz CT molecular complexity index is 1070. The molecule has 0 saturated heterocycles. The summed E-state index contributed by atoms with van der Waals surface area (Å²) in [6, 6.07) is 19.2. The fourth-order valence-corrected chi connectivity index (χ4v) is 4.69. The zero-order valence-electron chi connectivity index (χ0n) is 16.1. The fraction of sp³-hybridized carbons (Fsp3) is 0.333. The Hall–Kier alpha value is -2.68. The number of rotatable bonds is 1. The number of aromatic nitrogens is 1. The lowest BCUT2D eigenvalue weighted by Crippen LogP contribution is -2.40. The van der Waals surface area contributed by atoms with Gasteiger partial charge in [0.25, 0.3) is 0 Å². The molecule has 0 N–H and O–H groups in total. The van der Waals surface area contributed by atoms with Gasteiger partial charge in [-0.05, 0) is 36.5 Å². The molecule has 0 bridgehead atoms. The zero-order valence-corrected chi connectivity index (χ0v) is 16.1. The van der Waals surface area contributed by atoms with Gasteiger partial charge >= 0.3 is 0 Å². The summed E-state index contributed by atoms with van der Waals surface area (Å²) in [5, 5.41) is 5.72. The van der Waals surface area contributed by atoms with Gasteiger partial charge in [0.1, 0.15) is 0 Å². The van der Waals surface area contributed by atoms with Crippen LogP contribution in [0.4, 0.5) is 0 Å². The monoisotopic (exact) mass is 356 g/mol. The summed E-state index contributed by atoms with van der Waals surface area (Å²) in [5.74, 6) is 0. The molecule has 1 spiro atoms. The summed E-state index contributed by atoms with van der Waals surface area (Å²) in [6.45, 7) is 6.72. The highest BCUT2D eigenvalue weighted by Gasteiger charge is 2.50. The summed E-state index contributed by atoms with van der Waals surface area (Å²) in [4.78, 5) is 11.2. The van der Waals surface area contributed by atoms with Crippen LogP contribution in [-0.2, 0) is 16.9 Å². The van der Waals surface area contributed by atoms with E-state index in [1.54, 1.807) is 0 Å². The van der Waals surface area contributed by atoms with Crippen LogP contribution in [0.25, 0.3) is 10.9 Å². The molecule has 2 heterocycles. The first-order valence-electron chi connectivity index (χ1n) is 9.65. The highest BCUT2D eigenvalue weighted by molar-refractivity contribution is 6.02. The van der Waals surface area contributed by atoms with E-state index < -0.39 is 5.60 Å². The van der Waals surface area contributed by atoms with Gasteiger partial charge in [-0.15, -0.1) is 0 Å². The van der Waals surface area contributed by atoms with Crippen LogP contribution in [0, 0.1) is 12.3 Å². The average molecular weight is 356 g/mol. The molecule has 3 heteroatoms. The maximum Gasteiger partial charge on any atom is 0.170 e. The van der Waals surface area contributed by atoms with Crippen LogP contribution < -0.4 is 0 Å². The summed E-state index contributed by atoms with van der Waals surface area (Å²) in [6.07, 6.45) is 2.72. The van der Waals surface area contributed by atoms with Gasteiger partial charge in [-0.3, -0.25) is 4.98 Å². The lowest BCUT2D eigenvalue weighted by molar-refractivity contribution is -0.0631. The number of benzene rings is 2. The van der Waals surface area contributed by atoms with E-state index in [0.717, 1.165) is 41.7 Å². The Labute approximate surface area is 160 Å². The molecule has 1 aliphatic heterocycles. The molecule has 1 atom stereocenters. The Morgan fingerprint density at radius 3 is 2.56 bits per heavy atom. The predicted molar refractivity (Wildman–Crippen MR) is 109 cm³/mol. The standard InChI is InChI=1S/C24H24N2O/c1-16-8-10-17(11-9-16)21-14-24(27-26-21)15-23(2,3)13-22-19(24)12-18-6-4-5-7-20(18)25-22/h4-12H,13-15H2,1-3H3/t24-/m1/s1. The predicted octanol–water partition coefficient (Wildman–Crippen LogP) is 5.54. The molecule has 0 fully saturated rings. The van der Waals surface area contributed by atoms with Crippen LogP contribution in [-0.4, -0.2) is 10.7 Å². The fourth-order valence-electron chi connectivity index (χ4n) is 4.69. The second kappa shape index (κ2) is 5.66. The van der Waals surface area contributed by atoms with Crippen LogP contribution >= 0.6 is 0 Å². The molecule has 1 aliphatic carbocycles. The van der Waals surface area contributed by atoms with Crippen molar-refractivity contribution in [2.24, 2.45) is 10.6 Å². The van der Waals surface area contributed by atoms with Gasteiger partial charge in [-0.1, -0.05) is 67.0 Å². The van der Waals surface area contributed by atoms with E-state index in [-0.39, 0.29) is 5.41 Å². The first-order valence-corrected chi connectivity index (χ1v) is 9.65. The third-order valence-corrected chi connectivity index (χ3v) is 5.87. The Kier molecular flexibility index (Phi) is 3.45. The van der Waals surface area contributed by atoms with Crippen LogP contribution in [0.2, 0.25) is 0 Å². The van der Waals surface area contributed by atoms with Crippen molar-refractivity contribution in [2.75, 3.05) is 0 Å². The number of para-hydroxylation sites is 1. The molecule has 5 rings (SSSR count). The van der Waals surface area contributed by atoms with Gasteiger partial charge in [0.15, 0.2) is 5.60 Å².